The lowest BCUT2D eigenvalue weighted by Gasteiger charge is -2.06. The molecule has 0 aromatic rings. The predicted molar refractivity (Wildman–Crippen MR) is 58.5 cm³/mol. The average Bonchev–Trinajstić information content (AvgIpc) is 2.13. The molecular weight excluding hydrogens is 176 g/mol. The van der Waals surface area contributed by atoms with Crippen molar-refractivity contribution in [2.24, 2.45) is 0 Å². The van der Waals surface area contributed by atoms with Crippen molar-refractivity contribution < 1.29 is 9.53 Å². The van der Waals surface area contributed by atoms with Crippen LogP contribution in [-0.4, -0.2) is 5.97 Å². The molecule has 0 aliphatic carbocycles. The van der Waals surface area contributed by atoms with Crippen LogP contribution in [0.2, 0.25) is 0 Å². The summed E-state index contributed by atoms with van der Waals surface area (Å²) in [5, 5.41) is 0. The van der Waals surface area contributed by atoms with E-state index >= 15 is 0 Å². The van der Waals surface area contributed by atoms with Crippen LogP contribution < -0.4 is 0 Å². The fourth-order valence-corrected chi connectivity index (χ4v) is 0.829. The molecule has 2 nitrogen and oxygen atoms in total. The molecule has 2 heteroatoms. The fourth-order valence-electron chi connectivity index (χ4n) is 0.829. The Kier molecular flexibility index (Phi) is 5.79. The van der Waals surface area contributed by atoms with Crippen LogP contribution >= 0.6 is 0 Å². The van der Waals surface area contributed by atoms with Gasteiger partial charge in [-0.05, 0) is 6.08 Å². The molecule has 0 aliphatic rings. The molecule has 0 amide bonds. The molecule has 0 bridgehead atoms. The molecule has 0 unspecified atom stereocenters. The summed E-state index contributed by atoms with van der Waals surface area (Å²) in [5.74, 6) is 0.0392. The Balaban J connectivity index is 4.97. The highest BCUT2D eigenvalue weighted by Gasteiger charge is 2.03. The highest BCUT2D eigenvalue weighted by molar-refractivity contribution is 5.68. The maximum absolute atomic E-state index is 10.8. The van der Waals surface area contributed by atoms with Gasteiger partial charge < -0.3 is 4.74 Å². The van der Waals surface area contributed by atoms with Crippen molar-refractivity contribution in [3.63, 3.8) is 0 Å². The minimum atomic E-state index is -0.380. The summed E-state index contributed by atoms with van der Waals surface area (Å²) in [5.41, 5.74) is 0.690. The third-order valence-electron chi connectivity index (χ3n) is 1.32. The number of rotatable bonds is 5. The number of carbonyl (C=O) groups excluding carboxylic acids is 1. The molecule has 0 aromatic heterocycles. The summed E-state index contributed by atoms with van der Waals surface area (Å²) in [7, 11) is 0. The summed E-state index contributed by atoms with van der Waals surface area (Å²) in [6.07, 6.45) is 8.01. The van der Waals surface area contributed by atoms with Gasteiger partial charge in [0, 0.05) is 12.5 Å². The van der Waals surface area contributed by atoms with Gasteiger partial charge in [-0.2, -0.15) is 0 Å². The molecule has 0 saturated heterocycles. The molecule has 0 saturated carbocycles. The molecule has 74 valence electrons. The number of ether oxygens (including phenoxy) is 1. The lowest BCUT2D eigenvalue weighted by Crippen LogP contribution is -2.00. The summed E-state index contributed by atoms with van der Waals surface area (Å²) >= 11 is 0. The van der Waals surface area contributed by atoms with Crippen LogP contribution in [0.4, 0.5) is 0 Å². The van der Waals surface area contributed by atoms with Gasteiger partial charge in [0.15, 0.2) is 0 Å². The number of hydrogen-bond acceptors (Lipinski definition) is 2. The van der Waals surface area contributed by atoms with E-state index in [1.54, 1.807) is 30.4 Å². The molecule has 0 fully saturated rings. The van der Waals surface area contributed by atoms with E-state index in [1.165, 1.54) is 6.92 Å². The fraction of sp³-hybridized carbons (Fsp3) is 0.0833. The van der Waals surface area contributed by atoms with Crippen LogP contribution in [-0.2, 0) is 9.53 Å². The third kappa shape index (κ3) is 4.26. The molecule has 14 heavy (non-hydrogen) atoms. The molecule has 0 radical (unpaired) electrons. The van der Waals surface area contributed by atoms with Gasteiger partial charge in [0.05, 0.1) is 0 Å². The molecule has 0 spiro atoms. The molecule has 0 aliphatic heterocycles. The summed E-state index contributed by atoms with van der Waals surface area (Å²) in [6.45, 7) is 12.0. The molecule has 0 rings (SSSR count). The highest BCUT2D eigenvalue weighted by atomic mass is 16.5. The van der Waals surface area contributed by atoms with Crippen molar-refractivity contribution in [3.8, 4) is 0 Å². The van der Waals surface area contributed by atoms with Crippen molar-refractivity contribution >= 4 is 5.97 Å². The second-order valence-electron chi connectivity index (χ2n) is 2.42. The molecule has 0 atom stereocenters. The first kappa shape index (κ1) is 12.2. The second kappa shape index (κ2) is 6.66. The Hall–Kier alpha value is -1.83. The van der Waals surface area contributed by atoms with Gasteiger partial charge in [0.25, 0.3) is 0 Å². The molecule has 0 N–H and O–H groups in total. The highest BCUT2D eigenvalue weighted by Crippen LogP contribution is 2.13. The van der Waals surface area contributed by atoms with Crippen LogP contribution in [0.5, 0.6) is 0 Å². The number of allylic oxidation sites excluding steroid dienone is 5. The predicted octanol–water partition coefficient (Wildman–Crippen LogP) is 2.92. The lowest BCUT2D eigenvalue weighted by atomic mass is 10.2. The third-order valence-corrected chi connectivity index (χ3v) is 1.32. The maximum atomic E-state index is 10.8. The number of esters is 1. The summed E-state index contributed by atoms with van der Waals surface area (Å²) in [6, 6.07) is 0. The lowest BCUT2D eigenvalue weighted by molar-refractivity contribution is -0.136. The van der Waals surface area contributed by atoms with E-state index in [0.29, 0.717) is 11.3 Å². The van der Waals surface area contributed by atoms with Gasteiger partial charge in [0.1, 0.15) is 5.76 Å². The van der Waals surface area contributed by atoms with Crippen LogP contribution in [0.3, 0.4) is 0 Å². The van der Waals surface area contributed by atoms with Crippen molar-refractivity contribution in [1.29, 1.82) is 0 Å². The van der Waals surface area contributed by atoms with Crippen LogP contribution in [0, 0.1) is 0 Å². The first-order valence-electron chi connectivity index (χ1n) is 4.12. The van der Waals surface area contributed by atoms with Crippen LogP contribution in [0.1, 0.15) is 6.92 Å². The van der Waals surface area contributed by atoms with Gasteiger partial charge >= 0.3 is 5.97 Å². The minimum absolute atomic E-state index is 0.380. The normalized spacial score (nSPS) is 11.8. The summed E-state index contributed by atoms with van der Waals surface area (Å²) in [4.78, 5) is 10.8. The average molecular weight is 190 g/mol. The van der Waals surface area contributed by atoms with Crippen LogP contribution in [0.25, 0.3) is 0 Å². The standard InChI is InChI=1S/C12H14O2/c1-5-8-11(7-3)12(9-6-2)14-10(4)13/h5-9H,1-3H2,4H3/b11-8-,12-9+. The van der Waals surface area contributed by atoms with E-state index in [2.05, 4.69) is 19.7 Å². The van der Waals surface area contributed by atoms with E-state index in [-0.39, 0.29) is 5.97 Å². The Morgan fingerprint density at radius 2 is 1.71 bits per heavy atom. The smallest absolute Gasteiger partial charge is 0.308 e. The quantitative estimate of drug-likeness (QED) is 0.378. The Morgan fingerprint density at radius 3 is 2.07 bits per heavy atom. The van der Waals surface area contributed by atoms with E-state index in [4.69, 9.17) is 4.74 Å². The van der Waals surface area contributed by atoms with E-state index in [0.717, 1.165) is 0 Å². The van der Waals surface area contributed by atoms with Gasteiger partial charge in [-0.25, -0.2) is 0 Å². The number of hydrogen-bond donors (Lipinski definition) is 0. The van der Waals surface area contributed by atoms with E-state index < -0.39 is 0 Å². The zero-order valence-corrected chi connectivity index (χ0v) is 8.32. The van der Waals surface area contributed by atoms with Gasteiger partial charge in [0.2, 0.25) is 0 Å². The monoisotopic (exact) mass is 190 g/mol. The minimum Gasteiger partial charge on any atom is -0.426 e. The van der Waals surface area contributed by atoms with E-state index in [9.17, 15) is 4.79 Å². The van der Waals surface area contributed by atoms with Gasteiger partial charge in [-0.15, -0.1) is 0 Å². The SMILES string of the molecule is C=C/C=C(C=C)\C(=C/C=C)OC(C)=O. The molecule has 0 heterocycles. The Bertz CT molecular complexity index is 306. The Morgan fingerprint density at radius 1 is 1.14 bits per heavy atom. The van der Waals surface area contributed by atoms with Crippen molar-refractivity contribution in [2.45, 2.75) is 6.92 Å². The first-order chi connectivity index (χ1) is 6.65. The topological polar surface area (TPSA) is 26.3 Å². The van der Waals surface area contributed by atoms with Crippen molar-refractivity contribution in [3.05, 3.63) is 61.4 Å². The van der Waals surface area contributed by atoms with Crippen molar-refractivity contribution in [1.82, 2.24) is 0 Å². The van der Waals surface area contributed by atoms with Gasteiger partial charge in [-0.1, -0.05) is 44.0 Å². The molecule has 0 aromatic carbocycles. The summed E-state index contributed by atoms with van der Waals surface area (Å²) < 4.78 is 4.96. The Labute approximate surface area is 84.6 Å². The van der Waals surface area contributed by atoms with Crippen molar-refractivity contribution in [2.75, 3.05) is 0 Å². The molecular formula is C12H14O2. The largest absolute Gasteiger partial charge is 0.426 e. The maximum Gasteiger partial charge on any atom is 0.308 e. The van der Waals surface area contributed by atoms with Gasteiger partial charge in [-0.3, -0.25) is 4.79 Å². The van der Waals surface area contributed by atoms with E-state index in [1.807, 2.05) is 0 Å². The first-order valence-corrected chi connectivity index (χ1v) is 4.12. The van der Waals surface area contributed by atoms with Crippen LogP contribution in [0.15, 0.2) is 61.4 Å². The number of carbonyl (C=O) groups is 1. The zero-order chi connectivity index (χ0) is 11.0. The zero-order valence-electron chi connectivity index (χ0n) is 8.32. The second-order valence-corrected chi connectivity index (χ2v) is 2.42.